The van der Waals surface area contributed by atoms with E-state index in [2.05, 4.69) is 86.7 Å². The van der Waals surface area contributed by atoms with Gasteiger partial charge in [-0.05, 0) is 42.5 Å². The minimum absolute atomic E-state index is 0.267. The molecule has 2 aromatic rings. The highest BCUT2D eigenvalue weighted by molar-refractivity contribution is 14.1. The van der Waals surface area contributed by atoms with Gasteiger partial charge in [0.05, 0.1) is 0 Å². The predicted molar refractivity (Wildman–Crippen MR) is 114 cm³/mol. The zero-order chi connectivity index (χ0) is 16.6. The Bertz CT molecular complexity index is 687. The van der Waals surface area contributed by atoms with Gasteiger partial charge in [0.25, 0.3) is 0 Å². The van der Waals surface area contributed by atoms with E-state index >= 15 is 0 Å². The molecule has 0 aliphatic heterocycles. The number of thiophene rings is 2. The first-order chi connectivity index (χ1) is 10.9. The molecule has 0 N–H and O–H groups in total. The summed E-state index contributed by atoms with van der Waals surface area (Å²) in [6.45, 7) is 9.18. The van der Waals surface area contributed by atoms with Gasteiger partial charge in [-0.2, -0.15) is 0 Å². The zero-order valence-corrected chi connectivity index (χ0v) is 18.1. The molecule has 0 fully saturated rings. The van der Waals surface area contributed by atoms with Crippen LogP contribution in [0.3, 0.4) is 0 Å². The quantitative estimate of drug-likeness (QED) is 0.250. The Hall–Kier alpha value is -0.130. The van der Waals surface area contributed by atoms with Crippen LogP contribution in [0.15, 0.2) is 36.4 Å². The van der Waals surface area contributed by atoms with Gasteiger partial charge in [-0.3, -0.25) is 0 Å². The lowest BCUT2D eigenvalue weighted by Gasteiger charge is -2.15. The van der Waals surface area contributed by atoms with Gasteiger partial charge in [0, 0.05) is 35.3 Å². The van der Waals surface area contributed by atoms with E-state index in [9.17, 15) is 0 Å². The van der Waals surface area contributed by atoms with Crippen LogP contribution in [-0.4, -0.2) is 0 Å². The van der Waals surface area contributed by atoms with Gasteiger partial charge in [-0.15, -0.1) is 22.7 Å². The van der Waals surface area contributed by atoms with E-state index in [-0.39, 0.29) is 5.41 Å². The van der Waals surface area contributed by atoms with E-state index in [4.69, 9.17) is 0 Å². The Morgan fingerprint density at radius 1 is 1.04 bits per heavy atom. The lowest BCUT2D eigenvalue weighted by atomic mass is 9.94. The summed E-state index contributed by atoms with van der Waals surface area (Å²) in [6.07, 6.45) is 7.32. The number of allylic oxidation sites excluding steroid dienone is 2. The molecule has 3 atom stereocenters. The first-order valence-corrected chi connectivity index (χ1v) is 11.3. The third-order valence-electron chi connectivity index (χ3n) is 4.50. The standard InChI is InChI=1S/C20H25IS2/c1-5-15(21)18-9-8-16(22-18)13-6-7-14(12-13)17-10-11-19(23-17)20(2,3)4/h6-11,13-15H,5,12H2,1-4H3. The molecule has 23 heavy (non-hydrogen) atoms. The van der Waals surface area contributed by atoms with Gasteiger partial charge >= 0.3 is 0 Å². The number of hydrogen-bond donors (Lipinski definition) is 0. The molecule has 1 aliphatic rings. The molecule has 1 aliphatic carbocycles. The fourth-order valence-electron chi connectivity index (χ4n) is 3.01. The third kappa shape index (κ3) is 3.93. The van der Waals surface area contributed by atoms with Gasteiger partial charge in [-0.25, -0.2) is 0 Å². The zero-order valence-electron chi connectivity index (χ0n) is 14.3. The highest BCUT2D eigenvalue weighted by Gasteiger charge is 2.26. The molecule has 0 aromatic carbocycles. The molecular weight excluding hydrogens is 431 g/mol. The van der Waals surface area contributed by atoms with Crippen LogP contribution in [0.1, 0.15) is 75.8 Å². The van der Waals surface area contributed by atoms with Gasteiger partial charge in [-0.1, -0.05) is 62.4 Å². The van der Waals surface area contributed by atoms with E-state index in [1.807, 2.05) is 22.7 Å². The van der Waals surface area contributed by atoms with Crippen molar-refractivity contribution in [2.75, 3.05) is 0 Å². The summed E-state index contributed by atoms with van der Waals surface area (Å²) < 4.78 is 0.666. The van der Waals surface area contributed by atoms with Crippen molar-refractivity contribution >= 4 is 45.3 Å². The Balaban J connectivity index is 1.70. The van der Waals surface area contributed by atoms with Crippen LogP contribution in [0.4, 0.5) is 0 Å². The average molecular weight is 456 g/mol. The van der Waals surface area contributed by atoms with Crippen molar-refractivity contribution in [3.8, 4) is 0 Å². The Kier molecular flexibility index (Phi) is 5.39. The SMILES string of the molecule is CCC(I)c1ccc(C2C=CC(c3ccc(C(C)(C)C)s3)C2)s1. The second-order valence-corrected chi connectivity index (χ2v) is 11.2. The summed E-state index contributed by atoms with van der Waals surface area (Å²) in [7, 11) is 0. The van der Waals surface area contributed by atoms with Crippen molar-refractivity contribution in [2.24, 2.45) is 0 Å². The predicted octanol–water partition coefficient (Wildman–Crippen LogP) is 7.82. The number of rotatable bonds is 4. The van der Waals surface area contributed by atoms with Crippen LogP contribution in [0, 0.1) is 0 Å². The molecule has 3 unspecified atom stereocenters. The maximum absolute atomic E-state index is 2.57. The number of hydrogen-bond acceptors (Lipinski definition) is 2. The molecule has 0 saturated carbocycles. The summed E-state index contributed by atoms with van der Waals surface area (Å²) in [5.41, 5.74) is 0.267. The largest absolute Gasteiger partial charge is 0.144 e. The molecule has 3 rings (SSSR count). The maximum Gasteiger partial charge on any atom is 0.0450 e. The molecule has 2 aromatic heterocycles. The molecule has 0 radical (unpaired) electrons. The molecule has 3 heteroatoms. The van der Waals surface area contributed by atoms with E-state index in [1.54, 1.807) is 4.88 Å². The number of halogens is 1. The van der Waals surface area contributed by atoms with E-state index in [1.165, 1.54) is 27.5 Å². The smallest absolute Gasteiger partial charge is 0.0450 e. The molecule has 0 amide bonds. The lowest BCUT2D eigenvalue weighted by molar-refractivity contribution is 0.604. The van der Waals surface area contributed by atoms with Crippen molar-refractivity contribution in [3.05, 3.63) is 55.9 Å². The fourth-order valence-corrected chi connectivity index (χ4v) is 5.93. The first-order valence-electron chi connectivity index (χ1n) is 8.40. The van der Waals surface area contributed by atoms with Crippen molar-refractivity contribution in [1.82, 2.24) is 0 Å². The van der Waals surface area contributed by atoms with Crippen molar-refractivity contribution in [1.29, 1.82) is 0 Å². The first kappa shape index (κ1) is 17.7. The monoisotopic (exact) mass is 456 g/mol. The minimum atomic E-state index is 0.267. The molecule has 0 nitrogen and oxygen atoms in total. The number of alkyl halides is 1. The van der Waals surface area contributed by atoms with Crippen molar-refractivity contribution < 1.29 is 0 Å². The molecule has 124 valence electrons. The second kappa shape index (κ2) is 7.01. The fraction of sp³-hybridized carbons (Fsp3) is 0.500. The van der Waals surface area contributed by atoms with Crippen LogP contribution in [0.2, 0.25) is 0 Å². The van der Waals surface area contributed by atoms with Crippen molar-refractivity contribution in [2.45, 2.75) is 61.7 Å². The molecule has 0 saturated heterocycles. The summed E-state index contributed by atoms with van der Waals surface area (Å²) >= 11 is 6.58. The van der Waals surface area contributed by atoms with Crippen LogP contribution in [0.25, 0.3) is 0 Å². The average Bonchev–Trinajstić information content (AvgIpc) is 3.21. The summed E-state index contributed by atoms with van der Waals surface area (Å²) in [4.78, 5) is 6.11. The van der Waals surface area contributed by atoms with Gasteiger partial charge in [0.1, 0.15) is 0 Å². The van der Waals surface area contributed by atoms with Gasteiger partial charge in [0.15, 0.2) is 0 Å². The highest BCUT2D eigenvalue weighted by atomic mass is 127. The lowest BCUT2D eigenvalue weighted by Crippen LogP contribution is -2.07. The van der Waals surface area contributed by atoms with Crippen LogP contribution >= 0.6 is 45.3 Å². The second-order valence-electron chi connectivity index (χ2n) is 7.40. The van der Waals surface area contributed by atoms with Crippen LogP contribution in [0.5, 0.6) is 0 Å². The minimum Gasteiger partial charge on any atom is -0.144 e. The maximum atomic E-state index is 2.57. The van der Waals surface area contributed by atoms with E-state index in [0.717, 1.165) is 0 Å². The van der Waals surface area contributed by atoms with E-state index in [0.29, 0.717) is 15.8 Å². The van der Waals surface area contributed by atoms with Gasteiger partial charge < -0.3 is 0 Å². The normalized spacial score (nSPS) is 22.7. The molecule has 0 bridgehead atoms. The molecule has 0 spiro atoms. The summed E-state index contributed by atoms with van der Waals surface area (Å²) in [6, 6.07) is 9.37. The third-order valence-corrected chi connectivity index (χ3v) is 9.44. The highest BCUT2D eigenvalue weighted by Crippen LogP contribution is 2.44. The molecular formula is C20H25IS2. The topological polar surface area (TPSA) is 0 Å². The Morgan fingerprint density at radius 2 is 1.65 bits per heavy atom. The van der Waals surface area contributed by atoms with Crippen LogP contribution < -0.4 is 0 Å². The Labute approximate surface area is 162 Å². The van der Waals surface area contributed by atoms with Gasteiger partial charge in [0.2, 0.25) is 0 Å². The molecule has 2 heterocycles. The summed E-state index contributed by atoms with van der Waals surface area (Å²) in [5, 5.41) is 0. The van der Waals surface area contributed by atoms with Crippen molar-refractivity contribution in [3.63, 3.8) is 0 Å². The van der Waals surface area contributed by atoms with E-state index < -0.39 is 0 Å². The Morgan fingerprint density at radius 3 is 2.22 bits per heavy atom. The van der Waals surface area contributed by atoms with Crippen LogP contribution in [-0.2, 0) is 5.41 Å². The summed E-state index contributed by atoms with van der Waals surface area (Å²) in [5.74, 6) is 1.22.